The Bertz CT molecular complexity index is 533. The van der Waals surface area contributed by atoms with Gasteiger partial charge in [-0.1, -0.05) is 0 Å². The highest BCUT2D eigenvalue weighted by atomic mass is 19.1. The van der Waals surface area contributed by atoms with Gasteiger partial charge in [-0.2, -0.15) is 0 Å². The summed E-state index contributed by atoms with van der Waals surface area (Å²) in [7, 11) is 0. The summed E-state index contributed by atoms with van der Waals surface area (Å²) in [5, 5.41) is 0. The van der Waals surface area contributed by atoms with Crippen molar-refractivity contribution in [2.75, 3.05) is 6.61 Å². The number of rotatable bonds is 4. The van der Waals surface area contributed by atoms with Crippen molar-refractivity contribution in [3.8, 4) is 5.75 Å². The Morgan fingerprint density at radius 2 is 2.28 bits per heavy atom. The van der Waals surface area contributed by atoms with Gasteiger partial charge >= 0.3 is 0 Å². The van der Waals surface area contributed by atoms with Crippen molar-refractivity contribution in [2.45, 2.75) is 13.0 Å². The van der Waals surface area contributed by atoms with Crippen molar-refractivity contribution in [3.05, 3.63) is 53.9 Å². The molecule has 1 atom stereocenters. The minimum Gasteiger partial charge on any atom is -0.492 e. The van der Waals surface area contributed by atoms with Crippen molar-refractivity contribution < 1.29 is 9.13 Å². The number of nitrogens with two attached hydrogens (primary N) is 1. The Balaban J connectivity index is 2.31. The first-order chi connectivity index (χ1) is 8.72. The van der Waals surface area contributed by atoms with Gasteiger partial charge in [0.2, 0.25) is 0 Å². The lowest BCUT2D eigenvalue weighted by molar-refractivity contribution is 0.338. The summed E-state index contributed by atoms with van der Waals surface area (Å²) in [6, 6.07) is 3.96. The first-order valence-corrected chi connectivity index (χ1v) is 5.66. The molecule has 2 N–H and O–H groups in total. The van der Waals surface area contributed by atoms with Gasteiger partial charge in [0.25, 0.3) is 0 Å². The molecule has 2 aromatic rings. The lowest BCUT2D eigenvalue weighted by Gasteiger charge is -2.13. The third-order valence-electron chi connectivity index (χ3n) is 2.49. The normalized spacial score (nSPS) is 12.2. The molecular formula is C13H14FN3O. The molecule has 0 saturated carbocycles. The maximum absolute atomic E-state index is 13.6. The molecule has 0 aliphatic carbocycles. The highest BCUT2D eigenvalue weighted by Crippen LogP contribution is 2.22. The predicted molar refractivity (Wildman–Crippen MR) is 65.6 cm³/mol. The number of pyridine rings is 2. The molecule has 0 amide bonds. The fraction of sp³-hybridized carbons (Fsp3) is 0.231. The minimum atomic E-state index is -0.654. The fourth-order valence-electron chi connectivity index (χ4n) is 1.64. The second kappa shape index (κ2) is 5.55. The highest BCUT2D eigenvalue weighted by molar-refractivity contribution is 5.31. The molecule has 0 spiro atoms. The van der Waals surface area contributed by atoms with Crippen LogP contribution in [0, 0.1) is 5.82 Å². The number of ether oxygens (including phenoxy) is 1. The van der Waals surface area contributed by atoms with Crippen molar-refractivity contribution >= 4 is 0 Å². The van der Waals surface area contributed by atoms with Crippen molar-refractivity contribution in [1.82, 2.24) is 9.97 Å². The Morgan fingerprint density at radius 3 is 3.00 bits per heavy atom. The summed E-state index contributed by atoms with van der Waals surface area (Å²) in [6.07, 6.45) is 4.69. The topological polar surface area (TPSA) is 61.0 Å². The molecule has 4 nitrogen and oxygen atoms in total. The number of hydrogen-bond donors (Lipinski definition) is 1. The standard InChI is InChI=1S/C13H14FN3O/c1-2-18-10-6-9(7-16-8-10)12(15)13-11(14)4-3-5-17-13/h3-8,12H,2,15H2,1H3. The average molecular weight is 247 g/mol. The van der Waals surface area contributed by atoms with Crippen LogP contribution < -0.4 is 10.5 Å². The van der Waals surface area contributed by atoms with E-state index in [0.29, 0.717) is 17.9 Å². The maximum Gasteiger partial charge on any atom is 0.146 e. The number of halogens is 1. The summed E-state index contributed by atoms with van der Waals surface area (Å²) in [5.74, 6) is 0.189. The average Bonchev–Trinajstić information content (AvgIpc) is 2.39. The molecule has 2 heterocycles. The van der Waals surface area contributed by atoms with E-state index in [4.69, 9.17) is 10.5 Å². The van der Waals surface area contributed by atoms with Crippen molar-refractivity contribution in [2.24, 2.45) is 5.73 Å². The molecule has 0 radical (unpaired) electrons. The molecule has 0 saturated heterocycles. The van der Waals surface area contributed by atoms with E-state index in [1.54, 1.807) is 18.5 Å². The third kappa shape index (κ3) is 2.62. The zero-order valence-electron chi connectivity index (χ0n) is 10.0. The second-order valence-electron chi connectivity index (χ2n) is 3.74. The van der Waals surface area contributed by atoms with E-state index in [-0.39, 0.29) is 5.69 Å². The van der Waals surface area contributed by atoms with Crippen LogP contribution in [-0.4, -0.2) is 16.6 Å². The molecule has 5 heteroatoms. The maximum atomic E-state index is 13.6. The molecule has 94 valence electrons. The summed E-state index contributed by atoms with van der Waals surface area (Å²) in [4.78, 5) is 7.99. The number of nitrogens with zero attached hydrogens (tertiary/aromatic N) is 2. The molecule has 0 aliphatic heterocycles. The zero-order chi connectivity index (χ0) is 13.0. The van der Waals surface area contributed by atoms with Crippen LogP contribution in [0.3, 0.4) is 0 Å². The van der Waals surface area contributed by atoms with Gasteiger partial charge in [0.1, 0.15) is 11.6 Å². The second-order valence-corrected chi connectivity index (χ2v) is 3.74. The molecule has 0 aliphatic rings. The molecular weight excluding hydrogens is 233 g/mol. The number of aromatic nitrogens is 2. The predicted octanol–water partition coefficient (Wildman–Crippen LogP) is 2.06. The lowest BCUT2D eigenvalue weighted by Crippen LogP contribution is -2.15. The first-order valence-electron chi connectivity index (χ1n) is 5.66. The van der Waals surface area contributed by atoms with Crippen LogP contribution in [0.4, 0.5) is 4.39 Å². The molecule has 0 bridgehead atoms. The molecule has 2 aromatic heterocycles. The monoisotopic (exact) mass is 247 g/mol. The summed E-state index contributed by atoms with van der Waals surface area (Å²) in [6.45, 7) is 2.42. The first kappa shape index (κ1) is 12.4. The van der Waals surface area contributed by atoms with Gasteiger partial charge in [-0.3, -0.25) is 9.97 Å². The molecule has 0 aromatic carbocycles. The van der Waals surface area contributed by atoms with Crippen LogP contribution in [0.2, 0.25) is 0 Å². The summed E-state index contributed by atoms with van der Waals surface area (Å²) >= 11 is 0. The number of hydrogen-bond acceptors (Lipinski definition) is 4. The van der Waals surface area contributed by atoms with Gasteiger partial charge in [0.15, 0.2) is 0 Å². The minimum absolute atomic E-state index is 0.202. The Hall–Kier alpha value is -2.01. The van der Waals surface area contributed by atoms with Crippen LogP contribution in [0.1, 0.15) is 24.2 Å². The smallest absolute Gasteiger partial charge is 0.146 e. The van der Waals surface area contributed by atoms with E-state index in [9.17, 15) is 4.39 Å². The summed E-state index contributed by atoms with van der Waals surface area (Å²) in [5.41, 5.74) is 6.85. The van der Waals surface area contributed by atoms with E-state index in [1.165, 1.54) is 18.3 Å². The molecule has 1 unspecified atom stereocenters. The SMILES string of the molecule is CCOc1cncc(C(N)c2ncccc2F)c1. The lowest BCUT2D eigenvalue weighted by atomic mass is 10.1. The van der Waals surface area contributed by atoms with Gasteiger partial charge in [-0.15, -0.1) is 0 Å². The van der Waals surface area contributed by atoms with E-state index in [2.05, 4.69) is 9.97 Å². The fourth-order valence-corrected chi connectivity index (χ4v) is 1.64. The van der Waals surface area contributed by atoms with E-state index in [1.807, 2.05) is 6.92 Å². The van der Waals surface area contributed by atoms with E-state index in [0.717, 1.165) is 0 Å². The van der Waals surface area contributed by atoms with Crippen LogP contribution in [0.15, 0.2) is 36.8 Å². The van der Waals surface area contributed by atoms with E-state index >= 15 is 0 Å². The van der Waals surface area contributed by atoms with Gasteiger partial charge in [0, 0.05) is 12.4 Å². The zero-order valence-corrected chi connectivity index (χ0v) is 10.0. The van der Waals surface area contributed by atoms with Crippen LogP contribution in [-0.2, 0) is 0 Å². The summed E-state index contributed by atoms with van der Waals surface area (Å²) < 4.78 is 18.9. The van der Waals surface area contributed by atoms with Gasteiger partial charge in [0.05, 0.1) is 24.5 Å². The van der Waals surface area contributed by atoms with Crippen LogP contribution >= 0.6 is 0 Å². The van der Waals surface area contributed by atoms with Gasteiger partial charge in [-0.25, -0.2) is 4.39 Å². The van der Waals surface area contributed by atoms with E-state index < -0.39 is 11.9 Å². The van der Waals surface area contributed by atoms with Crippen LogP contribution in [0.5, 0.6) is 5.75 Å². The molecule has 2 rings (SSSR count). The molecule has 0 fully saturated rings. The Morgan fingerprint density at radius 1 is 1.44 bits per heavy atom. The Kier molecular flexibility index (Phi) is 3.84. The third-order valence-corrected chi connectivity index (χ3v) is 2.49. The van der Waals surface area contributed by atoms with Crippen molar-refractivity contribution in [3.63, 3.8) is 0 Å². The quantitative estimate of drug-likeness (QED) is 0.898. The van der Waals surface area contributed by atoms with Gasteiger partial charge in [-0.05, 0) is 30.7 Å². The Labute approximate surface area is 105 Å². The van der Waals surface area contributed by atoms with Gasteiger partial charge < -0.3 is 10.5 Å². The highest BCUT2D eigenvalue weighted by Gasteiger charge is 2.15. The van der Waals surface area contributed by atoms with Crippen molar-refractivity contribution in [1.29, 1.82) is 0 Å². The van der Waals surface area contributed by atoms with Crippen LogP contribution in [0.25, 0.3) is 0 Å². The molecule has 18 heavy (non-hydrogen) atoms. The largest absolute Gasteiger partial charge is 0.492 e.